The van der Waals surface area contributed by atoms with E-state index in [1.807, 2.05) is 42.2 Å². The molecule has 3 N–H and O–H groups in total. The molecule has 1 amide bonds. The van der Waals surface area contributed by atoms with Crippen molar-refractivity contribution in [3.63, 3.8) is 0 Å². The zero-order valence-electron chi connectivity index (χ0n) is 12.2. The number of amides is 1. The van der Waals surface area contributed by atoms with Crippen LogP contribution in [-0.2, 0) is 4.79 Å². The van der Waals surface area contributed by atoms with Gasteiger partial charge in [0.1, 0.15) is 11.6 Å². The molecule has 0 spiro atoms. The SMILES string of the molecule is CCN(CC(N)=O)c1cc(NC)nc(-c2ccccc2)n1. The number of hydrogen-bond donors (Lipinski definition) is 2. The Hall–Kier alpha value is -2.63. The average molecular weight is 285 g/mol. The molecule has 21 heavy (non-hydrogen) atoms. The fourth-order valence-electron chi connectivity index (χ4n) is 1.98. The number of benzene rings is 1. The summed E-state index contributed by atoms with van der Waals surface area (Å²) in [4.78, 5) is 22.0. The minimum Gasteiger partial charge on any atom is -0.373 e. The highest BCUT2D eigenvalue weighted by Gasteiger charge is 2.13. The van der Waals surface area contributed by atoms with Crippen molar-refractivity contribution < 1.29 is 4.79 Å². The molecule has 0 aliphatic carbocycles. The maximum atomic E-state index is 11.2. The second kappa shape index (κ2) is 6.69. The number of primary amides is 1. The summed E-state index contributed by atoms with van der Waals surface area (Å²) in [6, 6.07) is 11.5. The average Bonchev–Trinajstić information content (AvgIpc) is 2.52. The predicted molar refractivity (Wildman–Crippen MR) is 84.1 cm³/mol. The van der Waals surface area contributed by atoms with Gasteiger partial charge in [-0.05, 0) is 6.92 Å². The molecule has 6 heteroatoms. The molecule has 0 atom stereocenters. The van der Waals surface area contributed by atoms with Crippen molar-refractivity contribution in [1.29, 1.82) is 0 Å². The Bertz CT molecular complexity index is 615. The van der Waals surface area contributed by atoms with E-state index in [1.165, 1.54) is 0 Å². The Labute approximate surface area is 124 Å². The van der Waals surface area contributed by atoms with Crippen LogP contribution in [0.5, 0.6) is 0 Å². The van der Waals surface area contributed by atoms with Gasteiger partial charge >= 0.3 is 0 Å². The van der Waals surface area contributed by atoms with E-state index in [0.29, 0.717) is 24.0 Å². The monoisotopic (exact) mass is 285 g/mol. The van der Waals surface area contributed by atoms with Gasteiger partial charge in [-0.25, -0.2) is 9.97 Å². The smallest absolute Gasteiger partial charge is 0.236 e. The van der Waals surface area contributed by atoms with Gasteiger partial charge in [0.15, 0.2) is 5.82 Å². The van der Waals surface area contributed by atoms with Gasteiger partial charge in [-0.15, -0.1) is 0 Å². The van der Waals surface area contributed by atoms with Crippen LogP contribution in [0.15, 0.2) is 36.4 Å². The highest BCUT2D eigenvalue weighted by atomic mass is 16.1. The first kappa shape index (κ1) is 14.8. The number of nitrogens with one attached hydrogen (secondary N) is 1. The maximum Gasteiger partial charge on any atom is 0.236 e. The fourth-order valence-corrected chi connectivity index (χ4v) is 1.98. The maximum absolute atomic E-state index is 11.2. The third-order valence-corrected chi connectivity index (χ3v) is 3.05. The zero-order chi connectivity index (χ0) is 15.2. The largest absolute Gasteiger partial charge is 0.373 e. The van der Waals surface area contributed by atoms with Crippen LogP contribution in [0.1, 0.15) is 6.92 Å². The lowest BCUT2D eigenvalue weighted by Gasteiger charge is -2.21. The molecule has 0 fully saturated rings. The van der Waals surface area contributed by atoms with E-state index in [1.54, 1.807) is 13.1 Å². The van der Waals surface area contributed by atoms with Crippen molar-refractivity contribution in [3.05, 3.63) is 36.4 Å². The summed E-state index contributed by atoms with van der Waals surface area (Å²) in [5.74, 6) is 1.60. The molecule has 2 aromatic rings. The van der Waals surface area contributed by atoms with Crippen LogP contribution in [0.2, 0.25) is 0 Å². The lowest BCUT2D eigenvalue weighted by Crippen LogP contribution is -2.34. The van der Waals surface area contributed by atoms with Gasteiger partial charge in [-0.2, -0.15) is 0 Å². The molecular formula is C15H19N5O. The molecule has 0 radical (unpaired) electrons. The van der Waals surface area contributed by atoms with Gasteiger partial charge in [-0.1, -0.05) is 30.3 Å². The topological polar surface area (TPSA) is 84.1 Å². The number of carbonyl (C=O) groups excluding carboxylic acids is 1. The molecule has 0 aliphatic heterocycles. The summed E-state index contributed by atoms with van der Waals surface area (Å²) in [5.41, 5.74) is 6.21. The highest BCUT2D eigenvalue weighted by molar-refractivity contribution is 5.79. The van der Waals surface area contributed by atoms with Crippen molar-refractivity contribution in [3.8, 4) is 11.4 Å². The summed E-state index contributed by atoms with van der Waals surface area (Å²) in [5, 5.41) is 3.02. The summed E-state index contributed by atoms with van der Waals surface area (Å²) in [7, 11) is 1.80. The lowest BCUT2D eigenvalue weighted by molar-refractivity contribution is -0.116. The van der Waals surface area contributed by atoms with Crippen molar-refractivity contribution in [2.24, 2.45) is 5.73 Å². The van der Waals surface area contributed by atoms with E-state index in [4.69, 9.17) is 5.73 Å². The Kier molecular flexibility index (Phi) is 4.71. The van der Waals surface area contributed by atoms with Crippen LogP contribution in [0.3, 0.4) is 0 Å². The van der Waals surface area contributed by atoms with E-state index >= 15 is 0 Å². The lowest BCUT2D eigenvalue weighted by atomic mass is 10.2. The minimum atomic E-state index is -0.386. The number of nitrogens with zero attached hydrogens (tertiary/aromatic N) is 3. The van der Waals surface area contributed by atoms with E-state index in [9.17, 15) is 4.79 Å². The molecule has 1 heterocycles. The van der Waals surface area contributed by atoms with Gasteiger partial charge in [0.25, 0.3) is 0 Å². The second-order valence-corrected chi connectivity index (χ2v) is 4.53. The van der Waals surface area contributed by atoms with Crippen molar-refractivity contribution in [2.75, 3.05) is 30.4 Å². The van der Waals surface area contributed by atoms with Crippen LogP contribution in [0.4, 0.5) is 11.6 Å². The van der Waals surface area contributed by atoms with E-state index in [-0.39, 0.29) is 12.5 Å². The predicted octanol–water partition coefficient (Wildman–Crippen LogP) is 1.50. The molecule has 6 nitrogen and oxygen atoms in total. The number of nitrogens with two attached hydrogens (primary N) is 1. The number of aromatic nitrogens is 2. The van der Waals surface area contributed by atoms with Crippen LogP contribution >= 0.6 is 0 Å². The normalized spacial score (nSPS) is 10.2. The number of anilines is 2. The summed E-state index contributed by atoms with van der Waals surface area (Å²) < 4.78 is 0. The number of likely N-dealkylation sites (N-methyl/N-ethyl adjacent to an activating group) is 1. The Morgan fingerprint density at radius 2 is 2.00 bits per heavy atom. The zero-order valence-corrected chi connectivity index (χ0v) is 12.2. The molecule has 110 valence electrons. The van der Waals surface area contributed by atoms with Crippen molar-refractivity contribution in [1.82, 2.24) is 9.97 Å². The van der Waals surface area contributed by atoms with Gasteiger partial charge in [0.05, 0.1) is 6.54 Å². The van der Waals surface area contributed by atoms with Crippen molar-refractivity contribution >= 4 is 17.5 Å². The van der Waals surface area contributed by atoms with Gasteiger partial charge in [0, 0.05) is 25.2 Å². The summed E-state index contributed by atoms with van der Waals surface area (Å²) in [6.45, 7) is 2.72. The first-order valence-corrected chi connectivity index (χ1v) is 6.79. The third kappa shape index (κ3) is 3.68. The van der Waals surface area contributed by atoms with E-state index in [0.717, 1.165) is 5.56 Å². The summed E-state index contributed by atoms with van der Waals surface area (Å²) >= 11 is 0. The number of rotatable bonds is 6. The van der Waals surface area contributed by atoms with Crippen LogP contribution < -0.4 is 16.0 Å². The first-order chi connectivity index (χ1) is 10.1. The highest BCUT2D eigenvalue weighted by Crippen LogP contribution is 2.22. The molecule has 1 aromatic heterocycles. The van der Waals surface area contributed by atoms with E-state index < -0.39 is 0 Å². The molecule has 0 unspecified atom stereocenters. The Balaban J connectivity index is 2.44. The van der Waals surface area contributed by atoms with Crippen molar-refractivity contribution in [2.45, 2.75) is 6.92 Å². The molecule has 0 bridgehead atoms. The standard InChI is InChI=1S/C15H19N5O/c1-3-20(10-12(16)21)14-9-13(17-2)18-15(19-14)11-7-5-4-6-8-11/h4-9H,3,10H2,1-2H3,(H2,16,21)(H,17,18,19). The van der Waals surface area contributed by atoms with Gasteiger partial charge in [-0.3, -0.25) is 4.79 Å². The Morgan fingerprint density at radius 1 is 1.29 bits per heavy atom. The molecule has 2 rings (SSSR count). The second-order valence-electron chi connectivity index (χ2n) is 4.53. The molecule has 0 saturated heterocycles. The van der Waals surface area contributed by atoms with Crippen LogP contribution in [-0.4, -0.2) is 36.0 Å². The number of hydrogen-bond acceptors (Lipinski definition) is 5. The Morgan fingerprint density at radius 3 is 2.57 bits per heavy atom. The summed E-state index contributed by atoms with van der Waals surface area (Å²) in [6.07, 6.45) is 0. The quantitative estimate of drug-likeness (QED) is 0.840. The van der Waals surface area contributed by atoms with Gasteiger partial charge in [0.2, 0.25) is 5.91 Å². The molecular weight excluding hydrogens is 266 g/mol. The number of carbonyl (C=O) groups is 1. The minimum absolute atomic E-state index is 0.130. The fraction of sp³-hybridized carbons (Fsp3) is 0.267. The van der Waals surface area contributed by atoms with Gasteiger partial charge < -0.3 is 16.0 Å². The molecule has 0 saturated carbocycles. The van der Waals surface area contributed by atoms with E-state index in [2.05, 4.69) is 15.3 Å². The third-order valence-electron chi connectivity index (χ3n) is 3.05. The molecule has 1 aromatic carbocycles. The molecule has 0 aliphatic rings. The first-order valence-electron chi connectivity index (χ1n) is 6.79. The van der Waals surface area contributed by atoms with Crippen LogP contribution in [0.25, 0.3) is 11.4 Å². The van der Waals surface area contributed by atoms with Crippen LogP contribution in [0, 0.1) is 0 Å².